The van der Waals surface area contributed by atoms with Crippen LogP contribution in [0.3, 0.4) is 0 Å². The summed E-state index contributed by atoms with van der Waals surface area (Å²) in [4.78, 5) is 1.46. The van der Waals surface area contributed by atoms with Crippen molar-refractivity contribution in [2.75, 3.05) is 0 Å². The normalized spacial score (nSPS) is 20.2. The summed E-state index contributed by atoms with van der Waals surface area (Å²) in [6.07, 6.45) is 2.29. The van der Waals surface area contributed by atoms with E-state index in [-0.39, 0.29) is 0 Å². The molecule has 1 atom stereocenters. The molecule has 1 heterocycles. The van der Waals surface area contributed by atoms with Gasteiger partial charge in [-0.05, 0) is 18.8 Å². The highest BCUT2D eigenvalue weighted by Crippen LogP contribution is 2.40. The Hall–Kier alpha value is -0.340. The molecule has 2 heteroatoms. The maximum absolute atomic E-state index is 2.29. The zero-order chi connectivity index (χ0) is 9.52. The molecule has 0 amide bonds. The molecule has 1 aliphatic heterocycles. The van der Waals surface area contributed by atoms with Crippen LogP contribution in [0.25, 0.3) is 0 Å². The number of hydrogen-bond donors (Lipinski definition) is 0. The minimum Gasteiger partial charge on any atom is -0.0819 e. The third kappa shape index (κ3) is 5.06. The van der Waals surface area contributed by atoms with Crippen molar-refractivity contribution in [3.63, 3.8) is 0 Å². The highest BCUT2D eigenvalue weighted by molar-refractivity contribution is 8.78. The Morgan fingerprint density at radius 3 is 1.62 bits per heavy atom. The van der Waals surface area contributed by atoms with Crippen LogP contribution >= 0.6 is 21.6 Å². The first-order valence-electron chi connectivity index (χ1n) is 4.31. The minimum atomic E-state index is 0.741. The van der Waals surface area contributed by atoms with Gasteiger partial charge in [-0.15, -0.1) is 0 Å². The van der Waals surface area contributed by atoms with Gasteiger partial charge in [0, 0.05) is 5.25 Å². The van der Waals surface area contributed by atoms with Crippen LogP contribution < -0.4 is 0 Å². The van der Waals surface area contributed by atoms with Gasteiger partial charge in [0.1, 0.15) is 0 Å². The lowest BCUT2D eigenvalue weighted by atomic mass is 10.4. The predicted octanol–water partition coefficient (Wildman–Crippen LogP) is 4.36. The van der Waals surface area contributed by atoms with Crippen LogP contribution in [-0.2, 0) is 0 Å². The number of allylic oxidation sites excluding steroid dienone is 1. The second-order valence-corrected chi connectivity index (χ2v) is 5.64. The van der Waals surface area contributed by atoms with E-state index in [0.29, 0.717) is 0 Å². The summed E-state index contributed by atoms with van der Waals surface area (Å²) in [7, 11) is 3.81. The topological polar surface area (TPSA) is 0 Å². The Kier molecular flexibility index (Phi) is 5.09. The summed E-state index contributed by atoms with van der Waals surface area (Å²) in [5.41, 5.74) is 0. The van der Waals surface area contributed by atoms with Gasteiger partial charge < -0.3 is 0 Å². The zero-order valence-corrected chi connectivity index (χ0v) is 9.57. The zero-order valence-electron chi connectivity index (χ0n) is 7.94. The molecule has 0 saturated carbocycles. The van der Waals surface area contributed by atoms with Crippen LogP contribution in [0.2, 0.25) is 0 Å². The fourth-order valence-electron chi connectivity index (χ4n) is 0.923. The van der Waals surface area contributed by atoms with E-state index >= 15 is 0 Å². The number of rotatable bonds is 0. The van der Waals surface area contributed by atoms with E-state index < -0.39 is 0 Å². The van der Waals surface area contributed by atoms with E-state index in [1.165, 1.54) is 4.91 Å². The Balaban J connectivity index is 0.000000132. The third-order valence-corrected chi connectivity index (χ3v) is 4.39. The molecular weight excluding hydrogens is 196 g/mol. The van der Waals surface area contributed by atoms with Crippen molar-refractivity contribution in [3.05, 3.63) is 47.4 Å². The van der Waals surface area contributed by atoms with Gasteiger partial charge in [-0.25, -0.2) is 0 Å². The average molecular weight is 210 g/mol. The lowest BCUT2D eigenvalue weighted by Gasteiger charge is -1.88. The number of benzene rings is 1. The molecular formula is C11H14S2. The first kappa shape index (κ1) is 10.7. The number of hydrogen-bond acceptors (Lipinski definition) is 2. The van der Waals surface area contributed by atoms with Gasteiger partial charge in [0.15, 0.2) is 0 Å². The van der Waals surface area contributed by atoms with E-state index in [4.69, 9.17) is 0 Å². The molecule has 0 saturated heterocycles. The highest BCUT2D eigenvalue weighted by Gasteiger charge is 2.07. The van der Waals surface area contributed by atoms with Gasteiger partial charge in [-0.3, -0.25) is 0 Å². The average Bonchev–Trinajstić information content (AvgIpc) is 2.54. The first-order chi connectivity index (χ1) is 6.29. The van der Waals surface area contributed by atoms with Crippen LogP contribution in [0, 0.1) is 0 Å². The van der Waals surface area contributed by atoms with Crippen LogP contribution in [0.4, 0.5) is 0 Å². The molecule has 0 aliphatic carbocycles. The molecule has 0 bridgehead atoms. The molecule has 1 unspecified atom stereocenters. The molecule has 13 heavy (non-hydrogen) atoms. The Morgan fingerprint density at radius 1 is 1.00 bits per heavy atom. The second kappa shape index (κ2) is 6.17. The summed E-state index contributed by atoms with van der Waals surface area (Å²) >= 11 is 0. The second-order valence-electron chi connectivity index (χ2n) is 2.82. The predicted molar refractivity (Wildman–Crippen MR) is 64.8 cm³/mol. The van der Waals surface area contributed by atoms with Crippen molar-refractivity contribution in [2.24, 2.45) is 0 Å². The molecule has 0 radical (unpaired) electrons. The molecule has 1 aromatic rings. The molecule has 0 spiro atoms. The maximum Gasteiger partial charge on any atom is 0.0316 e. The quantitative estimate of drug-likeness (QED) is 0.583. The monoisotopic (exact) mass is 210 g/mol. The molecule has 0 nitrogen and oxygen atoms in total. The third-order valence-electron chi connectivity index (χ3n) is 1.47. The fraction of sp³-hybridized carbons (Fsp3) is 0.273. The van der Waals surface area contributed by atoms with Crippen molar-refractivity contribution in [1.82, 2.24) is 0 Å². The molecule has 0 fully saturated rings. The van der Waals surface area contributed by atoms with E-state index in [1.807, 2.05) is 58.0 Å². The Morgan fingerprint density at radius 2 is 1.46 bits per heavy atom. The van der Waals surface area contributed by atoms with Gasteiger partial charge in [0.25, 0.3) is 0 Å². The standard InChI is InChI=1S/C6H6.C5H8S2/c1-2-4-6-5-3-1;1-4-3-5(2)7-6-4/h1-6H;3-4H,1-2H3. The summed E-state index contributed by atoms with van der Waals surface area (Å²) in [6, 6.07) is 12.0. The molecule has 0 N–H and O–H groups in total. The molecule has 70 valence electrons. The van der Waals surface area contributed by atoms with E-state index in [9.17, 15) is 0 Å². The molecule has 0 aromatic heterocycles. The molecule has 1 aliphatic rings. The lowest BCUT2D eigenvalue weighted by molar-refractivity contribution is 1.25. The first-order valence-corrected chi connectivity index (χ1v) is 6.52. The maximum atomic E-state index is 2.29. The lowest BCUT2D eigenvalue weighted by Crippen LogP contribution is -1.78. The van der Waals surface area contributed by atoms with Gasteiger partial charge in [-0.1, -0.05) is 64.1 Å². The van der Waals surface area contributed by atoms with Crippen LogP contribution in [-0.4, -0.2) is 5.25 Å². The van der Waals surface area contributed by atoms with Crippen molar-refractivity contribution in [3.8, 4) is 0 Å². The van der Waals surface area contributed by atoms with Gasteiger partial charge in [0.2, 0.25) is 0 Å². The van der Waals surface area contributed by atoms with Crippen molar-refractivity contribution in [1.29, 1.82) is 0 Å². The smallest absolute Gasteiger partial charge is 0.0316 e. The van der Waals surface area contributed by atoms with E-state index in [2.05, 4.69) is 19.9 Å². The van der Waals surface area contributed by atoms with Crippen LogP contribution in [0.1, 0.15) is 13.8 Å². The van der Waals surface area contributed by atoms with Crippen molar-refractivity contribution >= 4 is 21.6 Å². The summed E-state index contributed by atoms with van der Waals surface area (Å²) in [5.74, 6) is 0. The van der Waals surface area contributed by atoms with E-state index in [1.54, 1.807) is 0 Å². The van der Waals surface area contributed by atoms with Crippen molar-refractivity contribution in [2.45, 2.75) is 19.1 Å². The van der Waals surface area contributed by atoms with Gasteiger partial charge in [0.05, 0.1) is 0 Å². The molecule has 1 aromatic carbocycles. The fourth-order valence-corrected chi connectivity index (χ4v) is 3.08. The Labute approximate surface area is 88.2 Å². The summed E-state index contributed by atoms with van der Waals surface area (Å²) in [5, 5.41) is 0.741. The Bertz CT molecular complexity index is 227. The van der Waals surface area contributed by atoms with Crippen LogP contribution in [0.5, 0.6) is 0 Å². The minimum absolute atomic E-state index is 0.741. The van der Waals surface area contributed by atoms with Gasteiger partial charge >= 0.3 is 0 Å². The molecule has 2 rings (SSSR count). The van der Waals surface area contributed by atoms with Gasteiger partial charge in [-0.2, -0.15) is 0 Å². The highest BCUT2D eigenvalue weighted by atomic mass is 33.1. The van der Waals surface area contributed by atoms with E-state index in [0.717, 1.165) is 5.25 Å². The SMILES string of the molecule is CC1=CC(C)SS1.c1ccccc1. The summed E-state index contributed by atoms with van der Waals surface area (Å²) < 4.78 is 0. The van der Waals surface area contributed by atoms with Crippen molar-refractivity contribution < 1.29 is 0 Å². The largest absolute Gasteiger partial charge is 0.0819 e. The van der Waals surface area contributed by atoms with Crippen LogP contribution in [0.15, 0.2) is 47.4 Å². The summed E-state index contributed by atoms with van der Waals surface area (Å²) in [6.45, 7) is 4.37.